The van der Waals surface area contributed by atoms with Crippen molar-refractivity contribution in [3.63, 3.8) is 0 Å². The SMILES string of the molecule is COC(C)(C)[C@H](NC(=O)C(F)(F)F)C(=O)N1CC2C(C)(C)C2([C@@H](C#N)C[C@@H]2CC3(CC3)NC2=O)C1C(N)=O. The normalized spacial score (nSPS) is 32.1. The van der Waals surface area contributed by atoms with Gasteiger partial charge in [0.25, 0.3) is 0 Å². The first kappa shape index (κ1) is 28.1. The molecule has 0 aromatic rings. The molecule has 2 aliphatic heterocycles. The molecule has 0 bridgehead atoms. The number of likely N-dealkylation sites (tertiary alicyclic amines) is 1. The molecule has 2 saturated carbocycles. The molecule has 4 rings (SSSR count). The van der Waals surface area contributed by atoms with E-state index < -0.39 is 64.2 Å². The van der Waals surface area contributed by atoms with Crippen LogP contribution in [0.3, 0.4) is 0 Å². The zero-order valence-electron chi connectivity index (χ0n) is 22.1. The first-order valence-corrected chi connectivity index (χ1v) is 12.6. The third kappa shape index (κ3) is 4.03. The van der Waals surface area contributed by atoms with Gasteiger partial charge in [0.1, 0.15) is 12.1 Å². The Morgan fingerprint density at radius 3 is 2.34 bits per heavy atom. The topological polar surface area (TPSA) is 155 Å². The van der Waals surface area contributed by atoms with E-state index in [1.54, 1.807) is 5.32 Å². The molecular weight excluding hydrogens is 507 g/mol. The molecule has 2 saturated heterocycles. The summed E-state index contributed by atoms with van der Waals surface area (Å²) in [5, 5.41) is 15.0. The van der Waals surface area contributed by atoms with Crippen LogP contribution in [0.2, 0.25) is 0 Å². The van der Waals surface area contributed by atoms with E-state index >= 15 is 0 Å². The summed E-state index contributed by atoms with van der Waals surface area (Å²) >= 11 is 0. The number of ether oxygens (including phenoxy) is 1. The van der Waals surface area contributed by atoms with E-state index in [9.17, 15) is 37.6 Å². The Hall–Kier alpha value is -2.88. The minimum Gasteiger partial charge on any atom is -0.376 e. The molecule has 2 heterocycles. The van der Waals surface area contributed by atoms with Crippen LogP contribution in [0.1, 0.15) is 53.4 Å². The van der Waals surface area contributed by atoms with Gasteiger partial charge < -0.3 is 26.0 Å². The average molecular weight is 542 g/mol. The number of methoxy groups -OCH3 is 1. The van der Waals surface area contributed by atoms with Crippen LogP contribution in [0.15, 0.2) is 0 Å². The summed E-state index contributed by atoms with van der Waals surface area (Å²) in [5.41, 5.74) is 2.32. The molecule has 13 heteroatoms. The number of nitrogens with one attached hydrogen (secondary N) is 2. The number of amides is 4. The number of halogens is 3. The highest BCUT2D eigenvalue weighted by molar-refractivity contribution is 5.95. The quantitative estimate of drug-likeness (QED) is 0.417. The van der Waals surface area contributed by atoms with Gasteiger partial charge in [-0.15, -0.1) is 0 Å². The Bertz CT molecular complexity index is 1110. The van der Waals surface area contributed by atoms with E-state index in [0.717, 1.165) is 17.7 Å². The lowest BCUT2D eigenvalue weighted by atomic mass is 9.72. The second-order valence-electron chi connectivity index (χ2n) is 12.3. The number of nitriles is 1. The van der Waals surface area contributed by atoms with Crippen LogP contribution in [0, 0.1) is 39.9 Å². The van der Waals surface area contributed by atoms with E-state index in [0.29, 0.717) is 6.42 Å². The fraction of sp³-hybridized carbons (Fsp3) is 0.800. The predicted molar refractivity (Wildman–Crippen MR) is 125 cm³/mol. The van der Waals surface area contributed by atoms with Crippen LogP contribution in [-0.2, 0) is 23.9 Å². The van der Waals surface area contributed by atoms with E-state index in [4.69, 9.17) is 10.5 Å². The van der Waals surface area contributed by atoms with Crippen molar-refractivity contribution in [2.45, 2.75) is 82.8 Å². The number of nitrogens with zero attached hydrogens (tertiary/aromatic N) is 2. The van der Waals surface area contributed by atoms with E-state index in [2.05, 4.69) is 11.4 Å². The molecule has 6 atom stereocenters. The molecule has 0 radical (unpaired) electrons. The van der Waals surface area contributed by atoms with Gasteiger partial charge in [0.05, 0.1) is 17.6 Å². The number of hydrogen-bond acceptors (Lipinski definition) is 6. The lowest BCUT2D eigenvalue weighted by Gasteiger charge is -2.41. The fourth-order valence-corrected chi connectivity index (χ4v) is 7.23. The molecule has 4 amide bonds. The third-order valence-corrected chi connectivity index (χ3v) is 9.68. The zero-order chi connectivity index (χ0) is 28.6. The highest BCUT2D eigenvalue weighted by Crippen LogP contribution is 2.78. The van der Waals surface area contributed by atoms with Gasteiger partial charge in [-0.1, -0.05) is 13.8 Å². The van der Waals surface area contributed by atoms with Crippen LogP contribution in [0.25, 0.3) is 0 Å². The van der Waals surface area contributed by atoms with Gasteiger partial charge in [0.2, 0.25) is 17.7 Å². The summed E-state index contributed by atoms with van der Waals surface area (Å²) in [5.74, 6) is -5.96. The van der Waals surface area contributed by atoms with Gasteiger partial charge >= 0.3 is 12.1 Å². The van der Waals surface area contributed by atoms with E-state index in [-0.39, 0.29) is 30.3 Å². The Morgan fingerprint density at radius 2 is 1.89 bits per heavy atom. The molecule has 0 aromatic heterocycles. The minimum absolute atomic E-state index is 0.0450. The molecule has 4 fully saturated rings. The Morgan fingerprint density at radius 1 is 1.29 bits per heavy atom. The van der Waals surface area contributed by atoms with Crippen molar-refractivity contribution in [3.8, 4) is 6.07 Å². The summed E-state index contributed by atoms with van der Waals surface area (Å²) in [7, 11) is 1.18. The maximum absolute atomic E-state index is 13.8. The number of carbonyl (C=O) groups excluding carboxylic acids is 4. The number of fused-ring (bicyclic) bond motifs is 1. The summed E-state index contributed by atoms with van der Waals surface area (Å²) < 4.78 is 44.5. The van der Waals surface area contributed by atoms with Gasteiger partial charge in [0.15, 0.2) is 0 Å². The maximum atomic E-state index is 13.8. The number of rotatable bonds is 8. The van der Waals surface area contributed by atoms with Crippen molar-refractivity contribution < 1.29 is 37.1 Å². The predicted octanol–water partition coefficient (Wildman–Crippen LogP) is 0.996. The van der Waals surface area contributed by atoms with Crippen molar-refractivity contribution in [2.75, 3.05) is 13.7 Å². The highest BCUT2D eigenvalue weighted by Gasteiger charge is 2.83. The second kappa shape index (κ2) is 8.56. The highest BCUT2D eigenvalue weighted by atomic mass is 19.4. The summed E-state index contributed by atoms with van der Waals surface area (Å²) in [6, 6.07) is -0.842. The molecule has 210 valence electrons. The smallest absolute Gasteiger partial charge is 0.376 e. The number of nitrogens with two attached hydrogens (primary N) is 1. The van der Waals surface area contributed by atoms with Gasteiger partial charge in [-0.25, -0.2) is 0 Å². The average Bonchev–Trinajstić information content (AvgIpc) is 3.52. The van der Waals surface area contributed by atoms with Gasteiger partial charge in [-0.2, -0.15) is 18.4 Å². The first-order chi connectivity index (χ1) is 17.4. The molecule has 10 nitrogen and oxygen atoms in total. The number of primary amides is 1. The Labute approximate surface area is 218 Å². The molecular formula is C25H34F3N5O5. The van der Waals surface area contributed by atoms with Crippen molar-refractivity contribution in [1.29, 1.82) is 5.26 Å². The Kier molecular flexibility index (Phi) is 6.34. The summed E-state index contributed by atoms with van der Waals surface area (Å²) in [6.07, 6.45) is -2.75. The van der Waals surface area contributed by atoms with E-state index in [1.807, 2.05) is 13.8 Å². The van der Waals surface area contributed by atoms with Gasteiger partial charge in [0, 0.05) is 30.5 Å². The standard InChI is InChI=1S/C25H34F3N5O5/c1-21(2)14-11-33(19(36)15(22(3,4)38-5)31-20(37)25(26,27)28)16(17(30)34)24(14,21)13(10-29)8-12-9-23(6-7-23)32-18(12)35/h12-16H,6-9,11H2,1-5H3,(H2,30,34)(H,31,37)(H,32,35)/t12-,13-,14?,15-,16?,24?/m1/s1. The summed E-state index contributed by atoms with van der Waals surface area (Å²) in [4.78, 5) is 52.3. The van der Waals surface area contributed by atoms with Crippen LogP contribution >= 0.6 is 0 Å². The molecule has 4 aliphatic rings. The summed E-state index contributed by atoms with van der Waals surface area (Å²) in [6.45, 7) is 6.35. The fourth-order valence-electron chi connectivity index (χ4n) is 7.23. The first-order valence-electron chi connectivity index (χ1n) is 12.6. The van der Waals surface area contributed by atoms with Crippen LogP contribution in [-0.4, -0.2) is 71.6 Å². The van der Waals surface area contributed by atoms with E-state index in [1.165, 1.54) is 21.0 Å². The van der Waals surface area contributed by atoms with Crippen LogP contribution in [0.5, 0.6) is 0 Å². The zero-order valence-corrected chi connectivity index (χ0v) is 22.1. The molecule has 4 N–H and O–H groups in total. The molecule has 38 heavy (non-hydrogen) atoms. The van der Waals surface area contributed by atoms with Gasteiger partial charge in [-0.3, -0.25) is 19.2 Å². The number of alkyl halides is 3. The largest absolute Gasteiger partial charge is 0.471 e. The van der Waals surface area contributed by atoms with Crippen molar-refractivity contribution >= 4 is 23.6 Å². The van der Waals surface area contributed by atoms with Crippen molar-refractivity contribution in [2.24, 2.45) is 34.3 Å². The lowest BCUT2D eigenvalue weighted by Crippen LogP contribution is -2.64. The van der Waals surface area contributed by atoms with Gasteiger partial charge in [-0.05, 0) is 50.9 Å². The number of piperidine rings is 1. The molecule has 1 spiro atoms. The van der Waals surface area contributed by atoms with Crippen molar-refractivity contribution in [3.05, 3.63) is 0 Å². The monoisotopic (exact) mass is 541 g/mol. The second-order valence-corrected chi connectivity index (χ2v) is 12.3. The lowest BCUT2D eigenvalue weighted by molar-refractivity contribution is -0.178. The number of hydrogen-bond donors (Lipinski definition) is 3. The minimum atomic E-state index is -5.26. The van der Waals surface area contributed by atoms with Crippen LogP contribution in [0.4, 0.5) is 13.2 Å². The Balaban J connectivity index is 1.67. The molecule has 0 aromatic carbocycles. The molecule has 3 unspecified atom stereocenters. The van der Waals surface area contributed by atoms with Crippen molar-refractivity contribution in [1.82, 2.24) is 15.5 Å². The number of carbonyl (C=O) groups is 4. The van der Waals surface area contributed by atoms with Crippen LogP contribution < -0.4 is 16.4 Å². The molecule has 2 aliphatic carbocycles. The maximum Gasteiger partial charge on any atom is 0.471 e. The third-order valence-electron chi connectivity index (χ3n) is 9.68.